The molecule has 0 saturated heterocycles. The highest BCUT2D eigenvalue weighted by Gasteiger charge is 2.04. The molecular weight excluding hydrogens is 404 g/mol. The van der Waals surface area contributed by atoms with Crippen LogP contribution in [0.3, 0.4) is 0 Å². The summed E-state index contributed by atoms with van der Waals surface area (Å²) < 4.78 is 11.5. The molecule has 0 amide bonds. The summed E-state index contributed by atoms with van der Waals surface area (Å²) in [6.45, 7) is 5.32. The third-order valence-electron chi connectivity index (χ3n) is 3.30. The lowest BCUT2D eigenvalue weighted by Gasteiger charge is -2.13. The van der Waals surface area contributed by atoms with Gasteiger partial charge in [0.1, 0.15) is 10.1 Å². The maximum atomic E-state index is 5.82. The van der Waals surface area contributed by atoms with Gasteiger partial charge in [0, 0.05) is 30.9 Å². The van der Waals surface area contributed by atoms with Gasteiger partial charge in [-0.15, -0.1) is 0 Å². The number of dihydropyridines is 1. The second kappa shape index (κ2) is 14.9. The minimum Gasteiger partial charge on any atom is -0.380 e. The highest BCUT2D eigenvalue weighted by Crippen LogP contribution is 2.28. The number of rotatable bonds is 13. The molecule has 1 aliphatic heterocycles. The molecule has 0 fully saturated rings. The average Bonchev–Trinajstić information content (AvgIpc) is 2.68. The number of hydrogen-bond donors (Lipinski definition) is 0. The van der Waals surface area contributed by atoms with Gasteiger partial charge in [0.05, 0.1) is 19.3 Å². The van der Waals surface area contributed by atoms with E-state index < -0.39 is 0 Å². The van der Waals surface area contributed by atoms with Crippen LogP contribution < -0.4 is 0 Å². The molecule has 0 bridgehead atoms. The Labute approximate surface area is 172 Å². The minimum absolute atomic E-state index is 0.235. The first-order chi connectivity index (χ1) is 12.8. The van der Waals surface area contributed by atoms with Crippen molar-refractivity contribution in [1.29, 1.82) is 0 Å². The SMILES string of the molecule is CC(CCOCCSSC1=NCCC=C1)OCCSSc1ccccn1. The number of ether oxygens (including phenoxy) is 2. The Morgan fingerprint density at radius 1 is 1.12 bits per heavy atom. The summed E-state index contributed by atoms with van der Waals surface area (Å²) in [5.74, 6) is 1.94. The van der Waals surface area contributed by atoms with E-state index >= 15 is 0 Å². The molecule has 0 N–H and O–H groups in total. The molecule has 0 saturated carbocycles. The van der Waals surface area contributed by atoms with Gasteiger partial charge in [0.15, 0.2) is 0 Å². The lowest BCUT2D eigenvalue weighted by molar-refractivity contribution is 0.0427. The van der Waals surface area contributed by atoms with Crippen molar-refractivity contribution in [3.05, 3.63) is 36.5 Å². The molecule has 26 heavy (non-hydrogen) atoms. The predicted molar refractivity (Wildman–Crippen MR) is 120 cm³/mol. The van der Waals surface area contributed by atoms with Crippen molar-refractivity contribution in [2.45, 2.75) is 30.9 Å². The molecule has 1 aromatic heterocycles. The molecule has 1 atom stereocenters. The van der Waals surface area contributed by atoms with Gasteiger partial charge in [-0.2, -0.15) is 0 Å². The van der Waals surface area contributed by atoms with E-state index in [1.807, 2.05) is 24.4 Å². The highest BCUT2D eigenvalue weighted by molar-refractivity contribution is 8.82. The summed E-state index contributed by atoms with van der Waals surface area (Å²) in [4.78, 5) is 8.73. The number of aliphatic imine (C=N–C) groups is 1. The van der Waals surface area contributed by atoms with Crippen molar-refractivity contribution in [3.63, 3.8) is 0 Å². The fourth-order valence-electron chi connectivity index (χ4n) is 1.95. The normalized spacial score (nSPS) is 15.0. The van der Waals surface area contributed by atoms with E-state index in [2.05, 4.69) is 29.1 Å². The van der Waals surface area contributed by atoms with Crippen LogP contribution in [0.4, 0.5) is 0 Å². The third kappa shape index (κ3) is 10.9. The summed E-state index contributed by atoms with van der Waals surface area (Å²) >= 11 is 0. The maximum absolute atomic E-state index is 5.82. The van der Waals surface area contributed by atoms with Gasteiger partial charge >= 0.3 is 0 Å². The third-order valence-corrected chi connectivity index (χ3v) is 7.78. The van der Waals surface area contributed by atoms with E-state index in [1.165, 1.54) is 0 Å². The predicted octanol–water partition coefficient (Wildman–Crippen LogP) is 5.37. The fraction of sp³-hybridized carbons (Fsp3) is 0.556. The van der Waals surface area contributed by atoms with Gasteiger partial charge in [-0.25, -0.2) is 4.98 Å². The van der Waals surface area contributed by atoms with Crippen LogP contribution in [0.1, 0.15) is 19.8 Å². The van der Waals surface area contributed by atoms with Crippen LogP contribution in [0.25, 0.3) is 0 Å². The largest absolute Gasteiger partial charge is 0.380 e. The second-order valence-electron chi connectivity index (χ2n) is 5.47. The molecule has 1 unspecified atom stereocenters. The van der Waals surface area contributed by atoms with Crippen molar-refractivity contribution in [2.75, 3.05) is 37.9 Å². The van der Waals surface area contributed by atoms with Crippen LogP contribution in [0.15, 0.2) is 46.6 Å². The molecule has 1 aromatic rings. The van der Waals surface area contributed by atoms with Gasteiger partial charge < -0.3 is 9.47 Å². The molecule has 2 rings (SSSR count). The number of hydrogen-bond acceptors (Lipinski definition) is 8. The number of nitrogens with zero attached hydrogens (tertiary/aromatic N) is 2. The van der Waals surface area contributed by atoms with Crippen molar-refractivity contribution in [2.24, 2.45) is 4.99 Å². The smallest absolute Gasteiger partial charge is 0.106 e. The Balaban J connectivity index is 1.35. The van der Waals surface area contributed by atoms with E-state index in [0.29, 0.717) is 0 Å². The minimum atomic E-state index is 0.235. The topological polar surface area (TPSA) is 43.7 Å². The molecular formula is C18H26N2O2S4. The molecule has 0 aliphatic carbocycles. The summed E-state index contributed by atoms with van der Waals surface area (Å²) in [6.07, 6.45) is 8.35. The quantitative estimate of drug-likeness (QED) is 0.308. The standard InChI is InChI=1S/C18H26N2O2S4/c1-16(22-13-15-24-26-18-7-3-5-10-20-18)8-11-21-12-14-23-25-17-6-2-4-9-19-17/h2-3,5-7,10,16H,4,8-9,11-15H2,1H3. The van der Waals surface area contributed by atoms with Crippen LogP contribution in [-0.4, -0.2) is 54.0 Å². The molecule has 0 radical (unpaired) electrons. The molecule has 0 spiro atoms. The van der Waals surface area contributed by atoms with E-state index in [9.17, 15) is 0 Å². The lowest BCUT2D eigenvalue weighted by atomic mass is 10.3. The van der Waals surface area contributed by atoms with E-state index in [1.54, 1.807) is 43.2 Å². The summed E-state index contributed by atoms with van der Waals surface area (Å²) in [6, 6.07) is 5.96. The van der Waals surface area contributed by atoms with Crippen LogP contribution in [-0.2, 0) is 9.47 Å². The van der Waals surface area contributed by atoms with Crippen LogP contribution >= 0.6 is 43.2 Å². The first kappa shape index (κ1) is 22.2. The molecule has 0 aromatic carbocycles. The van der Waals surface area contributed by atoms with Crippen molar-refractivity contribution in [3.8, 4) is 0 Å². The van der Waals surface area contributed by atoms with Gasteiger partial charge in [-0.05, 0) is 59.6 Å². The van der Waals surface area contributed by atoms with E-state index in [-0.39, 0.29) is 6.10 Å². The Morgan fingerprint density at radius 2 is 2.00 bits per heavy atom. The van der Waals surface area contributed by atoms with Crippen LogP contribution in [0.2, 0.25) is 0 Å². The second-order valence-corrected chi connectivity index (χ2v) is 10.3. The van der Waals surface area contributed by atoms with E-state index in [0.717, 1.165) is 60.8 Å². The zero-order valence-corrected chi connectivity index (χ0v) is 18.3. The van der Waals surface area contributed by atoms with Gasteiger partial charge in [-0.3, -0.25) is 4.99 Å². The molecule has 8 heteroatoms. The summed E-state index contributed by atoms with van der Waals surface area (Å²) in [5.41, 5.74) is 0. The summed E-state index contributed by atoms with van der Waals surface area (Å²) in [7, 11) is 7.02. The van der Waals surface area contributed by atoms with Crippen molar-refractivity contribution < 1.29 is 9.47 Å². The number of pyridine rings is 1. The average molecular weight is 431 g/mol. The van der Waals surface area contributed by atoms with Crippen molar-refractivity contribution in [1.82, 2.24) is 4.98 Å². The Kier molecular flexibility index (Phi) is 12.7. The van der Waals surface area contributed by atoms with Crippen LogP contribution in [0.5, 0.6) is 0 Å². The Morgan fingerprint density at radius 3 is 2.81 bits per heavy atom. The van der Waals surface area contributed by atoms with E-state index in [4.69, 9.17) is 9.47 Å². The first-order valence-electron chi connectivity index (χ1n) is 8.75. The molecule has 144 valence electrons. The van der Waals surface area contributed by atoms with Gasteiger partial charge in [0.2, 0.25) is 0 Å². The van der Waals surface area contributed by atoms with Crippen molar-refractivity contribution >= 4 is 48.2 Å². The van der Waals surface area contributed by atoms with Crippen LogP contribution in [0, 0.1) is 0 Å². The lowest BCUT2D eigenvalue weighted by Crippen LogP contribution is -2.14. The summed E-state index contributed by atoms with van der Waals surface area (Å²) in [5, 5.41) is 2.17. The Hall–Kier alpha value is -0.120. The Bertz CT molecular complexity index is 543. The highest BCUT2D eigenvalue weighted by atomic mass is 33.1. The van der Waals surface area contributed by atoms with Gasteiger partial charge in [0.25, 0.3) is 0 Å². The zero-order valence-electron chi connectivity index (χ0n) is 15.0. The molecule has 4 nitrogen and oxygen atoms in total. The maximum Gasteiger partial charge on any atom is 0.106 e. The first-order valence-corrected chi connectivity index (χ1v) is 13.4. The zero-order chi connectivity index (χ0) is 18.3. The molecule has 1 aliphatic rings. The number of aromatic nitrogens is 1. The molecule has 2 heterocycles. The fourth-order valence-corrected chi connectivity index (χ4v) is 5.50. The monoisotopic (exact) mass is 430 g/mol. The van der Waals surface area contributed by atoms with Gasteiger partial charge in [-0.1, -0.05) is 33.7 Å².